The highest BCUT2D eigenvalue weighted by atomic mass is 16.5. The molecule has 0 aliphatic carbocycles. The third-order valence-electron chi connectivity index (χ3n) is 3.42. The molecule has 19 heavy (non-hydrogen) atoms. The van der Waals surface area contributed by atoms with E-state index in [1.165, 1.54) is 25.7 Å². The third-order valence-corrected chi connectivity index (χ3v) is 3.42. The Morgan fingerprint density at radius 2 is 1.63 bits per heavy atom. The zero-order valence-corrected chi connectivity index (χ0v) is 11.7. The minimum Gasteiger partial charge on any atom is -0.493 e. The van der Waals surface area contributed by atoms with Gasteiger partial charge >= 0.3 is 0 Å². The third kappa shape index (κ3) is 3.63. The Labute approximate surface area is 115 Å². The maximum atomic E-state index is 5.98. The van der Waals surface area contributed by atoms with Gasteiger partial charge in [0.25, 0.3) is 0 Å². The van der Waals surface area contributed by atoms with Crippen LogP contribution < -0.4 is 10.5 Å². The maximum Gasteiger partial charge on any atom is 0.127 e. The van der Waals surface area contributed by atoms with Crippen molar-refractivity contribution in [3.05, 3.63) is 36.4 Å². The number of anilines is 1. The van der Waals surface area contributed by atoms with Crippen LogP contribution in [0.25, 0.3) is 10.8 Å². The molecule has 0 aliphatic heterocycles. The molecule has 2 rings (SSSR count). The van der Waals surface area contributed by atoms with Crippen LogP contribution in [0.2, 0.25) is 0 Å². The van der Waals surface area contributed by atoms with Gasteiger partial charge in [0.1, 0.15) is 5.75 Å². The molecule has 0 unspecified atom stereocenters. The van der Waals surface area contributed by atoms with Crippen molar-refractivity contribution in [3.8, 4) is 5.75 Å². The highest BCUT2D eigenvalue weighted by Crippen LogP contribution is 2.29. The van der Waals surface area contributed by atoms with Crippen LogP contribution in [0.3, 0.4) is 0 Å². The van der Waals surface area contributed by atoms with E-state index in [9.17, 15) is 0 Å². The number of nitrogens with two attached hydrogens (primary N) is 1. The summed E-state index contributed by atoms with van der Waals surface area (Å²) in [5.74, 6) is 0.945. The molecule has 0 bridgehead atoms. The Morgan fingerprint density at radius 1 is 0.895 bits per heavy atom. The van der Waals surface area contributed by atoms with E-state index < -0.39 is 0 Å². The summed E-state index contributed by atoms with van der Waals surface area (Å²) in [7, 11) is 0. The lowest BCUT2D eigenvalue weighted by Crippen LogP contribution is -1.98. The molecule has 0 saturated heterocycles. The van der Waals surface area contributed by atoms with E-state index in [4.69, 9.17) is 10.5 Å². The summed E-state index contributed by atoms with van der Waals surface area (Å²) in [6, 6.07) is 12.0. The molecule has 102 valence electrons. The molecule has 0 saturated carbocycles. The highest BCUT2D eigenvalue weighted by Gasteiger charge is 2.04. The first-order chi connectivity index (χ1) is 9.33. The normalized spacial score (nSPS) is 10.8. The van der Waals surface area contributed by atoms with Crippen molar-refractivity contribution < 1.29 is 4.74 Å². The Morgan fingerprint density at radius 3 is 2.42 bits per heavy atom. The zero-order valence-electron chi connectivity index (χ0n) is 11.7. The fourth-order valence-electron chi connectivity index (χ4n) is 2.31. The lowest BCUT2D eigenvalue weighted by Gasteiger charge is -2.10. The molecular weight excluding hydrogens is 234 g/mol. The molecule has 0 aromatic heterocycles. The molecule has 0 heterocycles. The van der Waals surface area contributed by atoms with Gasteiger partial charge in [-0.1, -0.05) is 56.9 Å². The standard InChI is InChI=1S/C17H23NO/c1-2-3-4-5-8-13-19-17-12-11-16(18)14-9-6-7-10-15(14)17/h6-7,9-12H,2-5,8,13,18H2,1H3. The summed E-state index contributed by atoms with van der Waals surface area (Å²) in [4.78, 5) is 0. The zero-order chi connectivity index (χ0) is 13.5. The molecule has 2 N–H and O–H groups in total. The predicted octanol–water partition coefficient (Wildman–Crippen LogP) is 4.77. The number of ether oxygens (including phenoxy) is 1. The Hall–Kier alpha value is -1.70. The first-order valence-electron chi connectivity index (χ1n) is 7.23. The number of rotatable bonds is 7. The van der Waals surface area contributed by atoms with E-state index in [2.05, 4.69) is 13.0 Å². The van der Waals surface area contributed by atoms with Crippen molar-refractivity contribution >= 4 is 16.5 Å². The molecule has 2 heteroatoms. The lowest BCUT2D eigenvalue weighted by molar-refractivity contribution is 0.308. The number of unbranched alkanes of at least 4 members (excludes halogenated alkanes) is 4. The van der Waals surface area contributed by atoms with Crippen LogP contribution >= 0.6 is 0 Å². The number of fused-ring (bicyclic) bond motifs is 1. The van der Waals surface area contributed by atoms with Gasteiger partial charge in [-0.25, -0.2) is 0 Å². The van der Waals surface area contributed by atoms with Crippen molar-refractivity contribution in [2.75, 3.05) is 12.3 Å². The van der Waals surface area contributed by atoms with Gasteiger partial charge in [0.15, 0.2) is 0 Å². The summed E-state index contributed by atoms with van der Waals surface area (Å²) < 4.78 is 5.90. The van der Waals surface area contributed by atoms with Gasteiger partial charge in [-0.2, -0.15) is 0 Å². The molecule has 0 radical (unpaired) electrons. The second kappa shape index (κ2) is 7.03. The van der Waals surface area contributed by atoms with Crippen LogP contribution in [0.1, 0.15) is 39.0 Å². The van der Waals surface area contributed by atoms with Crippen LogP contribution in [-0.4, -0.2) is 6.61 Å². The van der Waals surface area contributed by atoms with Crippen LogP contribution in [-0.2, 0) is 0 Å². The van der Waals surface area contributed by atoms with Crippen LogP contribution in [0.5, 0.6) is 5.75 Å². The van der Waals surface area contributed by atoms with Gasteiger partial charge < -0.3 is 10.5 Å². The monoisotopic (exact) mass is 257 g/mol. The smallest absolute Gasteiger partial charge is 0.127 e. The van der Waals surface area contributed by atoms with Gasteiger partial charge in [-0.3, -0.25) is 0 Å². The fraction of sp³-hybridized carbons (Fsp3) is 0.412. The van der Waals surface area contributed by atoms with E-state index in [0.717, 1.165) is 35.2 Å². The average Bonchev–Trinajstić information content (AvgIpc) is 2.45. The average molecular weight is 257 g/mol. The van der Waals surface area contributed by atoms with Gasteiger partial charge in [0.05, 0.1) is 6.61 Å². The summed E-state index contributed by atoms with van der Waals surface area (Å²) in [5, 5.41) is 2.18. The summed E-state index contributed by atoms with van der Waals surface area (Å²) in [5.41, 5.74) is 6.79. The molecule has 2 aromatic carbocycles. The first-order valence-corrected chi connectivity index (χ1v) is 7.23. The highest BCUT2D eigenvalue weighted by molar-refractivity contribution is 5.96. The summed E-state index contributed by atoms with van der Waals surface area (Å²) in [6.07, 6.45) is 6.29. The molecule has 0 aliphatic rings. The van der Waals surface area contributed by atoms with E-state index in [1.54, 1.807) is 0 Å². The Kier molecular flexibility index (Phi) is 5.08. The van der Waals surface area contributed by atoms with Crippen molar-refractivity contribution in [2.45, 2.75) is 39.0 Å². The second-order valence-electron chi connectivity index (χ2n) is 4.96. The molecule has 0 spiro atoms. The largest absolute Gasteiger partial charge is 0.493 e. The number of hydrogen-bond acceptors (Lipinski definition) is 2. The van der Waals surface area contributed by atoms with Gasteiger partial charge in [0.2, 0.25) is 0 Å². The van der Waals surface area contributed by atoms with E-state index in [0.29, 0.717) is 0 Å². The lowest BCUT2D eigenvalue weighted by atomic mass is 10.1. The van der Waals surface area contributed by atoms with Crippen molar-refractivity contribution in [1.29, 1.82) is 0 Å². The van der Waals surface area contributed by atoms with Crippen molar-refractivity contribution in [1.82, 2.24) is 0 Å². The molecule has 0 fully saturated rings. The quantitative estimate of drug-likeness (QED) is 0.572. The summed E-state index contributed by atoms with van der Waals surface area (Å²) >= 11 is 0. The molecular formula is C17H23NO. The van der Waals surface area contributed by atoms with E-state index in [-0.39, 0.29) is 0 Å². The van der Waals surface area contributed by atoms with Crippen molar-refractivity contribution in [2.24, 2.45) is 0 Å². The minimum absolute atomic E-state index is 0.789. The minimum atomic E-state index is 0.789. The molecule has 0 amide bonds. The fourth-order valence-corrected chi connectivity index (χ4v) is 2.31. The van der Waals surface area contributed by atoms with E-state index >= 15 is 0 Å². The van der Waals surface area contributed by atoms with Gasteiger partial charge in [-0.05, 0) is 18.6 Å². The van der Waals surface area contributed by atoms with Gasteiger partial charge in [-0.15, -0.1) is 0 Å². The number of benzene rings is 2. The van der Waals surface area contributed by atoms with Gasteiger partial charge in [0, 0.05) is 16.5 Å². The van der Waals surface area contributed by atoms with Crippen molar-refractivity contribution in [3.63, 3.8) is 0 Å². The molecule has 2 aromatic rings. The van der Waals surface area contributed by atoms with Crippen LogP contribution in [0.15, 0.2) is 36.4 Å². The predicted molar refractivity (Wildman–Crippen MR) is 82.6 cm³/mol. The van der Waals surface area contributed by atoms with Crippen LogP contribution in [0.4, 0.5) is 5.69 Å². The maximum absolute atomic E-state index is 5.98. The molecule has 2 nitrogen and oxygen atoms in total. The van der Waals surface area contributed by atoms with Crippen LogP contribution in [0, 0.1) is 0 Å². The van der Waals surface area contributed by atoms with E-state index in [1.807, 2.05) is 30.3 Å². The SMILES string of the molecule is CCCCCCCOc1ccc(N)c2ccccc12. The number of nitrogen functional groups attached to an aromatic ring is 1. The second-order valence-corrected chi connectivity index (χ2v) is 4.96. The first kappa shape index (κ1) is 13.7. The summed E-state index contributed by atoms with van der Waals surface area (Å²) in [6.45, 7) is 3.02. The molecule has 0 atom stereocenters. The Bertz CT molecular complexity index is 522. The Balaban J connectivity index is 1.96. The number of hydrogen-bond donors (Lipinski definition) is 1. The topological polar surface area (TPSA) is 35.2 Å².